The number of nitrogens with zero attached hydrogens (tertiary/aromatic N) is 2. The zero-order valence-corrected chi connectivity index (χ0v) is 12.9. The summed E-state index contributed by atoms with van der Waals surface area (Å²) in [5.41, 5.74) is 8.94. The summed E-state index contributed by atoms with van der Waals surface area (Å²) >= 11 is 0. The summed E-state index contributed by atoms with van der Waals surface area (Å²) < 4.78 is 0. The molecular formula is C16H25N3O. The van der Waals surface area contributed by atoms with Crippen LogP contribution in [0.2, 0.25) is 0 Å². The van der Waals surface area contributed by atoms with E-state index in [-0.39, 0.29) is 5.91 Å². The minimum Gasteiger partial charge on any atom is -0.397 e. The van der Waals surface area contributed by atoms with Crippen LogP contribution in [0.3, 0.4) is 0 Å². The zero-order valence-electron chi connectivity index (χ0n) is 12.9. The summed E-state index contributed by atoms with van der Waals surface area (Å²) in [6.45, 7) is 6.60. The Morgan fingerprint density at radius 3 is 2.40 bits per heavy atom. The number of piperidine rings is 1. The van der Waals surface area contributed by atoms with Gasteiger partial charge in [0.2, 0.25) is 0 Å². The van der Waals surface area contributed by atoms with Crippen LogP contribution in [0.5, 0.6) is 0 Å². The molecule has 1 heterocycles. The van der Waals surface area contributed by atoms with Crippen molar-refractivity contribution in [1.82, 2.24) is 4.90 Å². The van der Waals surface area contributed by atoms with Gasteiger partial charge in [0.25, 0.3) is 5.91 Å². The fourth-order valence-electron chi connectivity index (χ4n) is 2.56. The first-order valence-corrected chi connectivity index (χ1v) is 7.16. The average Bonchev–Trinajstić information content (AvgIpc) is 2.39. The molecule has 0 aromatic heterocycles. The van der Waals surface area contributed by atoms with Crippen LogP contribution in [0.4, 0.5) is 11.4 Å². The first kappa shape index (κ1) is 14.7. The van der Waals surface area contributed by atoms with E-state index in [1.807, 2.05) is 12.1 Å². The molecule has 2 rings (SSSR count). The Morgan fingerprint density at radius 1 is 1.25 bits per heavy atom. The van der Waals surface area contributed by atoms with E-state index in [0.29, 0.717) is 11.0 Å². The number of carbonyl (C=O) groups excluding carboxylic acids is 1. The number of anilines is 2. The van der Waals surface area contributed by atoms with Crippen LogP contribution in [0.1, 0.15) is 37.0 Å². The van der Waals surface area contributed by atoms with Gasteiger partial charge < -0.3 is 15.5 Å². The van der Waals surface area contributed by atoms with E-state index in [4.69, 9.17) is 5.73 Å². The maximum absolute atomic E-state index is 12.1. The van der Waals surface area contributed by atoms with Gasteiger partial charge in [-0.3, -0.25) is 4.79 Å². The molecule has 1 amide bonds. The molecule has 0 aliphatic carbocycles. The zero-order chi connectivity index (χ0) is 14.9. The normalized spacial score (nSPS) is 17.9. The SMILES string of the molecule is CN(C)C(=O)c1ccc(N)c(N2CCC(C)(C)CC2)c1. The minimum absolute atomic E-state index is 0.0172. The molecule has 20 heavy (non-hydrogen) atoms. The molecule has 1 aliphatic heterocycles. The van der Waals surface area contributed by atoms with Crippen molar-refractivity contribution >= 4 is 17.3 Å². The van der Waals surface area contributed by atoms with Gasteiger partial charge in [-0.25, -0.2) is 0 Å². The van der Waals surface area contributed by atoms with E-state index < -0.39 is 0 Å². The number of nitrogens with two attached hydrogens (primary N) is 1. The van der Waals surface area contributed by atoms with Gasteiger partial charge in [-0.05, 0) is 36.5 Å². The van der Waals surface area contributed by atoms with Gasteiger partial charge in [-0.15, -0.1) is 0 Å². The van der Waals surface area contributed by atoms with Gasteiger partial charge >= 0.3 is 0 Å². The van der Waals surface area contributed by atoms with Gasteiger partial charge in [-0.2, -0.15) is 0 Å². The Labute approximate surface area is 121 Å². The molecule has 1 aromatic rings. The van der Waals surface area contributed by atoms with Crippen molar-refractivity contribution in [2.75, 3.05) is 37.8 Å². The van der Waals surface area contributed by atoms with Crippen molar-refractivity contribution < 1.29 is 4.79 Å². The van der Waals surface area contributed by atoms with Crippen molar-refractivity contribution in [3.63, 3.8) is 0 Å². The first-order chi connectivity index (χ1) is 9.30. The van der Waals surface area contributed by atoms with Gasteiger partial charge in [-0.1, -0.05) is 13.8 Å². The van der Waals surface area contributed by atoms with Crippen molar-refractivity contribution in [3.8, 4) is 0 Å². The molecule has 1 aromatic carbocycles. The highest BCUT2D eigenvalue weighted by atomic mass is 16.2. The van der Waals surface area contributed by atoms with E-state index in [1.165, 1.54) is 0 Å². The maximum atomic E-state index is 12.1. The third-order valence-electron chi connectivity index (χ3n) is 4.14. The number of carbonyl (C=O) groups is 1. The van der Waals surface area contributed by atoms with E-state index >= 15 is 0 Å². The molecule has 0 radical (unpaired) electrons. The van der Waals surface area contributed by atoms with Crippen LogP contribution in [0, 0.1) is 5.41 Å². The molecule has 4 nitrogen and oxygen atoms in total. The fourth-order valence-corrected chi connectivity index (χ4v) is 2.56. The van der Waals surface area contributed by atoms with Gasteiger partial charge in [0.05, 0.1) is 11.4 Å². The van der Waals surface area contributed by atoms with Crippen molar-refractivity contribution in [1.29, 1.82) is 0 Å². The van der Waals surface area contributed by atoms with Crippen LogP contribution in [0.15, 0.2) is 18.2 Å². The lowest BCUT2D eigenvalue weighted by molar-refractivity contribution is 0.0827. The quantitative estimate of drug-likeness (QED) is 0.844. The molecule has 1 fully saturated rings. The minimum atomic E-state index is 0.0172. The number of hydrogen-bond donors (Lipinski definition) is 1. The first-order valence-electron chi connectivity index (χ1n) is 7.16. The number of nitrogen functional groups attached to an aromatic ring is 1. The third-order valence-corrected chi connectivity index (χ3v) is 4.14. The Bertz CT molecular complexity index is 498. The topological polar surface area (TPSA) is 49.6 Å². The van der Waals surface area contributed by atoms with Crippen molar-refractivity contribution in [3.05, 3.63) is 23.8 Å². The molecule has 110 valence electrons. The Kier molecular flexibility index (Phi) is 3.93. The lowest BCUT2D eigenvalue weighted by Gasteiger charge is -2.38. The predicted molar refractivity (Wildman–Crippen MR) is 84.1 cm³/mol. The maximum Gasteiger partial charge on any atom is 0.253 e. The van der Waals surface area contributed by atoms with Crippen LogP contribution in [0.25, 0.3) is 0 Å². The lowest BCUT2D eigenvalue weighted by atomic mass is 9.82. The highest BCUT2D eigenvalue weighted by Crippen LogP contribution is 2.34. The Hall–Kier alpha value is -1.71. The van der Waals surface area contributed by atoms with Crippen LogP contribution in [-0.2, 0) is 0 Å². The van der Waals surface area contributed by atoms with Crippen LogP contribution in [-0.4, -0.2) is 38.0 Å². The summed E-state index contributed by atoms with van der Waals surface area (Å²) in [5, 5.41) is 0. The second-order valence-corrected chi connectivity index (χ2v) is 6.62. The predicted octanol–water partition coefficient (Wildman–Crippen LogP) is 2.60. The number of amides is 1. The third kappa shape index (κ3) is 3.06. The Balaban J connectivity index is 2.24. The largest absolute Gasteiger partial charge is 0.397 e. The van der Waals surface area contributed by atoms with Gasteiger partial charge in [0.15, 0.2) is 0 Å². The number of rotatable bonds is 2. The highest BCUT2D eigenvalue weighted by Gasteiger charge is 2.26. The summed E-state index contributed by atoms with van der Waals surface area (Å²) in [7, 11) is 3.53. The molecule has 0 bridgehead atoms. The number of benzene rings is 1. The molecule has 0 saturated carbocycles. The van der Waals surface area contributed by atoms with Crippen molar-refractivity contribution in [2.45, 2.75) is 26.7 Å². The number of hydrogen-bond acceptors (Lipinski definition) is 3. The van der Waals surface area contributed by atoms with Gasteiger partial charge in [0, 0.05) is 32.7 Å². The molecule has 1 saturated heterocycles. The molecule has 4 heteroatoms. The van der Waals surface area contributed by atoms with E-state index in [2.05, 4.69) is 18.7 Å². The summed E-state index contributed by atoms with van der Waals surface area (Å²) in [4.78, 5) is 16.0. The summed E-state index contributed by atoms with van der Waals surface area (Å²) in [6.07, 6.45) is 2.30. The summed E-state index contributed by atoms with van der Waals surface area (Å²) in [6, 6.07) is 5.57. The Morgan fingerprint density at radius 2 is 1.85 bits per heavy atom. The highest BCUT2D eigenvalue weighted by molar-refractivity contribution is 5.96. The lowest BCUT2D eigenvalue weighted by Crippen LogP contribution is -2.37. The van der Waals surface area contributed by atoms with E-state index in [1.54, 1.807) is 25.1 Å². The summed E-state index contributed by atoms with van der Waals surface area (Å²) in [5.74, 6) is 0.0172. The van der Waals surface area contributed by atoms with Crippen molar-refractivity contribution in [2.24, 2.45) is 5.41 Å². The van der Waals surface area contributed by atoms with E-state index in [9.17, 15) is 4.79 Å². The fraction of sp³-hybridized carbons (Fsp3) is 0.562. The monoisotopic (exact) mass is 275 g/mol. The molecular weight excluding hydrogens is 250 g/mol. The molecule has 2 N–H and O–H groups in total. The van der Waals surface area contributed by atoms with Crippen LogP contribution >= 0.6 is 0 Å². The average molecular weight is 275 g/mol. The smallest absolute Gasteiger partial charge is 0.253 e. The molecule has 1 aliphatic rings. The standard InChI is InChI=1S/C16H25N3O/c1-16(2)7-9-19(10-8-16)14-11-12(5-6-13(14)17)15(20)18(3)4/h5-6,11H,7-10,17H2,1-4H3. The van der Waals surface area contributed by atoms with E-state index in [0.717, 1.165) is 37.3 Å². The molecule has 0 spiro atoms. The van der Waals surface area contributed by atoms with Gasteiger partial charge in [0.1, 0.15) is 0 Å². The second-order valence-electron chi connectivity index (χ2n) is 6.62. The van der Waals surface area contributed by atoms with Crippen LogP contribution < -0.4 is 10.6 Å². The molecule has 0 atom stereocenters. The molecule has 0 unspecified atom stereocenters. The second kappa shape index (κ2) is 5.35.